The van der Waals surface area contributed by atoms with Crippen molar-refractivity contribution in [2.75, 3.05) is 5.73 Å². The fraction of sp³-hybridized carbons (Fsp3) is 0.333. The standard InChI is InChI=1S/C9H9F4NO/c1-5-4-6(2-3-7(5)14)15-9(12,13)8(10)11/h2-4,8H,14H2,1H3. The van der Waals surface area contributed by atoms with Gasteiger partial charge in [0.05, 0.1) is 0 Å². The van der Waals surface area contributed by atoms with Crippen LogP contribution in [0.5, 0.6) is 5.75 Å². The van der Waals surface area contributed by atoms with E-state index in [0.717, 1.165) is 6.07 Å². The predicted octanol–water partition coefficient (Wildman–Crippen LogP) is 2.81. The smallest absolute Gasteiger partial charge is 0.428 e. The molecule has 0 heterocycles. The number of aryl methyl sites for hydroxylation is 1. The number of rotatable bonds is 3. The number of ether oxygens (including phenoxy) is 1. The van der Waals surface area contributed by atoms with Crippen LogP contribution in [0.1, 0.15) is 5.56 Å². The highest BCUT2D eigenvalue weighted by Gasteiger charge is 2.43. The first-order chi connectivity index (χ1) is 6.83. The van der Waals surface area contributed by atoms with Gasteiger partial charge in [0.25, 0.3) is 0 Å². The lowest BCUT2D eigenvalue weighted by Crippen LogP contribution is -2.33. The van der Waals surface area contributed by atoms with Gasteiger partial charge in [0.2, 0.25) is 0 Å². The van der Waals surface area contributed by atoms with Crippen LogP contribution in [0.2, 0.25) is 0 Å². The molecular weight excluding hydrogens is 214 g/mol. The number of nitrogen functional groups attached to an aromatic ring is 1. The van der Waals surface area contributed by atoms with Crippen LogP contribution >= 0.6 is 0 Å². The van der Waals surface area contributed by atoms with Crippen LogP contribution in [0, 0.1) is 6.92 Å². The summed E-state index contributed by atoms with van der Waals surface area (Å²) in [6, 6.07) is 3.59. The lowest BCUT2D eigenvalue weighted by Gasteiger charge is -2.17. The van der Waals surface area contributed by atoms with Crippen molar-refractivity contribution in [3.63, 3.8) is 0 Å². The monoisotopic (exact) mass is 223 g/mol. The maximum absolute atomic E-state index is 12.5. The minimum atomic E-state index is -4.48. The Bertz CT molecular complexity index is 354. The summed E-state index contributed by atoms with van der Waals surface area (Å²) in [7, 11) is 0. The molecule has 0 spiro atoms. The third-order valence-electron chi connectivity index (χ3n) is 1.75. The van der Waals surface area contributed by atoms with Gasteiger partial charge in [-0.3, -0.25) is 0 Å². The van der Waals surface area contributed by atoms with E-state index in [4.69, 9.17) is 5.73 Å². The molecule has 15 heavy (non-hydrogen) atoms. The Morgan fingerprint density at radius 1 is 1.33 bits per heavy atom. The van der Waals surface area contributed by atoms with E-state index in [2.05, 4.69) is 4.74 Å². The van der Waals surface area contributed by atoms with Gasteiger partial charge in [0.1, 0.15) is 5.75 Å². The Hall–Kier alpha value is -1.46. The maximum Gasteiger partial charge on any atom is 0.461 e. The molecule has 0 aliphatic heterocycles. The molecule has 0 amide bonds. The number of nitrogens with two attached hydrogens (primary N) is 1. The molecule has 0 unspecified atom stereocenters. The van der Waals surface area contributed by atoms with Gasteiger partial charge in [0, 0.05) is 5.69 Å². The molecule has 84 valence electrons. The second-order valence-corrected chi connectivity index (χ2v) is 2.98. The summed E-state index contributed by atoms with van der Waals surface area (Å²) in [6.07, 6.45) is -8.35. The highest BCUT2D eigenvalue weighted by molar-refractivity contribution is 5.49. The van der Waals surface area contributed by atoms with E-state index >= 15 is 0 Å². The highest BCUT2D eigenvalue weighted by atomic mass is 19.3. The van der Waals surface area contributed by atoms with E-state index in [9.17, 15) is 17.6 Å². The Balaban J connectivity index is 2.86. The van der Waals surface area contributed by atoms with Crippen LogP contribution in [-0.2, 0) is 0 Å². The van der Waals surface area contributed by atoms with E-state index in [0.29, 0.717) is 11.3 Å². The molecule has 0 aliphatic rings. The number of halogens is 4. The van der Waals surface area contributed by atoms with E-state index in [1.54, 1.807) is 6.92 Å². The molecule has 0 atom stereocenters. The summed E-state index contributed by atoms with van der Waals surface area (Å²) in [5.74, 6) is -0.341. The number of alkyl halides is 4. The largest absolute Gasteiger partial charge is 0.461 e. The van der Waals surface area contributed by atoms with Crippen molar-refractivity contribution < 1.29 is 22.3 Å². The summed E-state index contributed by atoms with van der Waals surface area (Å²) < 4.78 is 52.3. The third kappa shape index (κ3) is 2.74. The van der Waals surface area contributed by atoms with Crippen LogP contribution in [0.15, 0.2) is 18.2 Å². The SMILES string of the molecule is Cc1cc(OC(F)(F)C(F)F)ccc1N. The molecule has 0 saturated carbocycles. The molecule has 0 aliphatic carbocycles. The molecule has 0 bridgehead atoms. The molecule has 2 N–H and O–H groups in total. The van der Waals surface area contributed by atoms with Crippen molar-refractivity contribution in [1.82, 2.24) is 0 Å². The van der Waals surface area contributed by atoms with Gasteiger partial charge in [0.15, 0.2) is 0 Å². The van der Waals surface area contributed by atoms with Crippen LogP contribution < -0.4 is 10.5 Å². The first-order valence-electron chi connectivity index (χ1n) is 4.04. The first-order valence-corrected chi connectivity index (χ1v) is 4.04. The fourth-order valence-electron chi connectivity index (χ4n) is 0.913. The van der Waals surface area contributed by atoms with Crippen molar-refractivity contribution in [3.05, 3.63) is 23.8 Å². The second kappa shape index (κ2) is 3.96. The number of hydrogen-bond donors (Lipinski definition) is 1. The normalized spacial score (nSPS) is 11.9. The molecule has 1 rings (SSSR count). The zero-order valence-corrected chi connectivity index (χ0v) is 7.81. The molecule has 0 aromatic heterocycles. The Morgan fingerprint density at radius 3 is 2.40 bits per heavy atom. The zero-order valence-electron chi connectivity index (χ0n) is 7.81. The van der Waals surface area contributed by atoms with E-state index in [-0.39, 0.29) is 5.75 Å². The summed E-state index contributed by atoms with van der Waals surface area (Å²) in [4.78, 5) is 0. The molecule has 0 radical (unpaired) electrons. The number of anilines is 1. The van der Waals surface area contributed by atoms with E-state index in [1.165, 1.54) is 12.1 Å². The average Bonchev–Trinajstić information content (AvgIpc) is 2.10. The Labute approximate surface area is 83.6 Å². The van der Waals surface area contributed by atoms with Crippen molar-refractivity contribution in [1.29, 1.82) is 0 Å². The third-order valence-corrected chi connectivity index (χ3v) is 1.75. The summed E-state index contributed by atoms with van der Waals surface area (Å²) in [5, 5.41) is 0. The van der Waals surface area contributed by atoms with Crippen LogP contribution in [0.4, 0.5) is 23.2 Å². The Kier molecular flexibility index (Phi) is 3.06. The average molecular weight is 223 g/mol. The Morgan fingerprint density at radius 2 is 1.93 bits per heavy atom. The van der Waals surface area contributed by atoms with Gasteiger partial charge < -0.3 is 10.5 Å². The van der Waals surface area contributed by atoms with Gasteiger partial charge in [-0.15, -0.1) is 0 Å². The minimum absolute atomic E-state index is 0.341. The minimum Gasteiger partial charge on any atom is -0.428 e. The quantitative estimate of drug-likeness (QED) is 0.631. The van der Waals surface area contributed by atoms with E-state index < -0.39 is 12.5 Å². The van der Waals surface area contributed by atoms with Crippen LogP contribution in [0.3, 0.4) is 0 Å². The fourth-order valence-corrected chi connectivity index (χ4v) is 0.913. The zero-order chi connectivity index (χ0) is 11.6. The molecule has 2 nitrogen and oxygen atoms in total. The van der Waals surface area contributed by atoms with Gasteiger partial charge in [-0.25, -0.2) is 0 Å². The molecule has 1 aromatic rings. The molecule has 6 heteroatoms. The van der Waals surface area contributed by atoms with Crippen molar-refractivity contribution >= 4 is 5.69 Å². The molecular formula is C9H9F4NO. The van der Waals surface area contributed by atoms with Crippen LogP contribution in [-0.4, -0.2) is 12.5 Å². The van der Waals surface area contributed by atoms with Gasteiger partial charge in [-0.05, 0) is 30.7 Å². The molecule has 1 aromatic carbocycles. The second-order valence-electron chi connectivity index (χ2n) is 2.98. The highest BCUT2D eigenvalue weighted by Crippen LogP contribution is 2.28. The van der Waals surface area contributed by atoms with Crippen molar-refractivity contribution in [2.24, 2.45) is 0 Å². The number of benzene rings is 1. The summed E-state index contributed by atoms with van der Waals surface area (Å²) in [6.45, 7) is 1.56. The molecule has 0 saturated heterocycles. The summed E-state index contributed by atoms with van der Waals surface area (Å²) in [5.41, 5.74) is 6.28. The molecule has 0 fully saturated rings. The maximum atomic E-state index is 12.5. The van der Waals surface area contributed by atoms with Gasteiger partial charge in [-0.2, -0.15) is 17.6 Å². The van der Waals surface area contributed by atoms with Gasteiger partial charge in [-0.1, -0.05) is 0 Å². The summed E-state index contributed by atoms with van der Waals surface area (Å²) >= 11 is 0. The predicted molar refractivity (Wildman–Crippen MR) is 47.2 cm³/mol. The van der Waals surface area contributed by atoms with Crippen molar-refractivity contribution in [3.8, 4) is 5.75 Å². The first kappa shape index (κ1) is 11.6. The van der Waals surface area contributed by atoms with Crippen LogP contribution in [0.25, 0.3) is 0 Å². The topological polar surface area (TPSA) is 35.2 Å². The van der Waals surface area contributed by atoms with E-state index in [1.807, 2.05) is 0 Å². The lowest BCUT2D eigenvalue weighted by atomic mass is 10.2. The van der Waals surface area contributed by atoms with Crippen molar-refractivity contribution in [2.45, 2.75) is 19.5 Å². The number of hydrogen-bond acceptors (Lipinski definition) is 2. The van der Waals surface area contributed by atoms with Gasteiger partial charge >= 0.3 is 12.5 Å². The lowest BCUT2D eigenvalue weighted by molar-refractivity contribution is -0.253.